The van der Waals surface area contributed by atoms with Crippen LogP contribution in [0.3, 0.4) is 0 Å². The zero-order valence-electron chi connectivity index (χ0n) is 29.5. The third-order valence-electron chi connectivity index (χ3n) is 10.4. The Labute approximate surface area is 293 Å². The van der Waals surface area contributed by atoms with Gasteiger partial charge in [-0.15, -0.1) is 0 Å². The van der Waals surface area contributed by atoms with E-state index in [0.717, 1.165) is 0 Å². The first-order valence-corrected chi connectivity index (χ1v) is 21.1. The van der Waals surface area contributed by atoms with E-state index in [2.05, 4.69) is 118 Å². The van der Waals surface area contributed by atoms with Crippen molar-refractivity contribution in [3.05, 3.63) is 103 Å². The SMILES string of the molecule is CCCC/C(=C(/CCCC)[S+]1c2ccccc2Sc2c(C)c(C)c(C)c(C)c21)[S+]1c2ccccc2Sc2c(C)c(C)c(C)c(C)c21. The minimum absolute atomic E-state index is 0.126. The Morgan fingerprint density at radius 2 is 0.826 bits per heavy atom. The second-order valence-electron chi connectivity index (χ2n) is 13.1. The topological polar surface area (TPSA) is 0 Å². The van der Waals surface area contributed by atoms with Gasteiger partial charge in [0.2, 0.25) is 0 Å². The van der Waals surface area contributed by atoms with Crippen molar-refractivity contribution >= 4 is 45.3 Å². The number of allylic oxidation sites excluding steroid dienone is 2. The highest BCUT2D eigenvalue weighted by Gasteiger charge is 2.50. The van der Waals surface area contributed by atoms with Crippen molar-refractivity contribution in [2.75, 3.05) is 0 Å². The highest BCUT2D eigenvalue weighted by molar-refractivity contribution is 8.08. The minimum atomic E-state index is -0.126. The molecule has 2 atom stereocenters. The Morgan fingerprint density at radius 3 is 1.20 bits per heavy atom. The molecule has 4 aromatic carbocycles. The van der Waals surface area contributed by atoms with Crippen LogP contribution in [-0.2, 0) is 21.8 Å². The molecule has 0 amide bonds. The van der Waals surface area contributed by atoms with E-state index in [0.29, 0.717) is 0 Å². The van der Waals surface area contributed by atoms with Crippen molar-refractivity contribution in [1.82, 2.24) is 0 Å². The molecule has 0 radical (unpaired) electrons. The lowest BCUT2D eigenvalue weighted by molar-refractivity contribution is 0.779. The first-order chi connectivity index (χ1) is 22.1. The fourth-order valence-corrected chi connectivity index (χ4v) is 16.5. The summed E-state index contributed by atoms with van der Waals surface area (Å²) in [6.45, 7) is 23.7. The van der Waals surface area contributed by atoms with E-state index in [9.17, 15) is 0 Å². The van der Waals surface area contributed by atoms with Gasteiger partial charge in [-0.2, -0.15) is 0 Å². The van der Waals surface area contributed by atoms with Gasteiger partial charge in [-0.05, 0) is 126 Å². The van der Waals surface area contributed by atoms with Gasteiger partial charge in [0.15, 0.2) is 29.4 Å². The molecule has 240 valence electrons. The predicted octanol–water partition coefficient (Wildman–Crippen LogP) is 13.4. The molecule has 0 aromatic heterocycles. The van der Waals surface area contributed by atoms with E-state index in [1.807, 2.05) is 23.5 Å². The van der Waals surface area contributed by atoms with E-state index in [1.54, 1.807) is 29.4 Å². The van der Waals surface area contributed by atoms with Crippen LogP contribution in [0, 0.1) is 55.4 Å². The Bertz CT molecular complexity index is 1730. The fourth-order valence-electron chi connectivity index (χ4n) is 6.97. The number of benzene rings is 4. The maximum atomic E-state index is 2.46. The van der Waals surface area contributed by atoms with Crippen LogP contribution in [0.5, 0.6) is 0 Å². The summed E-state index contributed by atoms with van der Waals surface area (Å²) in [5.41, 5.74) is 11.8. The van der Waals surface area contributed by atoms with Crippen molar-refractivity contribution in [1.29, 1.82) is 0 Å². The van der Waals surface area contributed by atoms with E-state index in [1.165, 1.54) is 103 Å². The van der Waals surface area contributed by atoms with Gasteiger partial charge in [0.1, 0.15) is 21.8 Å². The summed E-state index contributed by atoms with van der Waals surface area (Å²) < 4.78 is 0. The first-order valence-electron chi connectivity index (χ1n) is 17.1. The molecule has 0 N–H and O–H groups in total. The summed E-state index contributed by atoms with van der Waals surface area (Å²) in [4.78, 5) is 15.7. The summed E-state index contributed by atoms with van der Waals surface area (Å²) in [5, 5.41) is 0. The summed E-state index contributed by atoms with van der Waals surface area (Å²) in [7, 11) is -0.252. The van der Waals surface area contributed by atoms with Crippen LogP contribution < -0.4 is 0 Å². The average Bonchev–Trinajstić information content (AvgIpc) is 3.08. The lowest BCUT2D eigenvalue weighted by atomic mass is 9.99. The predicted molar refractivity (Wildman–Crippen MR) is 206 cm³/mol. The van der Waals surface area contributed by atoms with Gasteiger partial charge >= 0.3 is 0 Å². The van der Waals surface area contributed by atoms with Gasteiger partial charge in [0.25, 0.3) is 0 Å². The van der Waals surface area contributed by atoms with E-state index in [4.69, 9.17) is 0 Å². The first kappa shape index (κ1) is 33.9. The van der Waals surface area contributed by atoms with Crippen molar-refractivity contribution in [3.63, 3.8) is 0 Å². The van der Waals surface area contributed by atoms with E-state index < -0.39 is 0 Å². The zero-order valence-corrected chi connectivity index (χ0v) is 32.8. The summed E-state index contributed by atoms with van der Waals surface area (Å²) in [6, 6.07) is 18.8. The second-order valence-corrected chi connectivity index (χ2v) is 19.1. The smallest absolute Gasteiger partial charge is 0.0792 e. The molecule has 2 aliphatic rings. The van der Waals surface area contributed by atoms with Gasteiger partial charge < -0.3 is 0 Å². The highest BCUT2D eigenvalue weighted by Crippen LogP contribution is 2.57. The molecule has 0 aliphatic carbocycles. The quantitative estimate of drug-likeness (QED) is 0.170. The zero-order chi connectivity index (χ0) is 32.9. The van der Waals surface area contributed by atoms with Crippen molar-refractivity contribution in [2.45, 2.75) is 147 Å². The Kier molecular flexibility index (Phi) is 10.2. The molecule has 0 nitrogen and oxygen atoms in total. The molecule has 4 aromatic rings. The lowest BCUT2D eigenvalue weighted by Gasteiger charge is -2.28. The van der Waals surface area contributed by atoms with Gasteiger partial charge in [0.05, 0.1) is 19.6 Å². The lowest BCUT2D eigenvalue weighted by Crippen LogP contribution is -2.23. The summed E-state index contributed by atoms with van der Waals surface area (Å²) >= 11 is 4.05. The van der Waals surface area contributed by atoms with Gasteiger partial charge in [-0.25, -0.2) is 0 Å². The maximum absolute atomic E-state index is 2.46. The van der Waals surface area contributed by atoms with Crippen molar-refractivity contribution in [2.24, 2.45) is 0 Å². The normalized spacial score (nSPS) is 17.2. The third kappa shape index (κ3) is 5.63. The molecular weight excluding hydrogens is 633 g/mol. The largest absolute Gasteiger partial charge is 0.194 e. The van der Waals surface area contributed by atoms with Gasteiger partial charge in [-0.1, -0.05) is 74.5 Å². The Morgan fingerprint density at radius 1 is 0.478 bits per heavy atom. The van der Waals surface area contributed by atoms with Crippen LogP contribution in [0.4, 0.5) is 0 Å². The molecule has 2 unspecified atom stereocenters. The average molecular weight is 683 g/mol. The molecule has 2 aliphatic heterocycles. The fraction of sp³-hybridized carbons (Fsp3) is 0.381. The molecule has 46 heavy (non-hydrogen) atoms. The standard InChI is InChI=1S/C42H50S4/c1-11-13-21-37(45-35-23-17-15-19-33(35)43-39-29(7)25(3)27(5)31(9)41(39)45)38(22-14-12-2)46-36-24-18-16-20-34(36)44-40-30(8)26(4)28(6)32(10)42(40)46/h15-20,23-24H,11-14,21-22H2,1-10H3/q+2/b38-37+. The van der Waals surface area contributed by atoms with Crippen molar-refractivity contribution < 1.29 is 0 Å². The molecule has 6 rings (SSSR count). The molecule has 0 fully saturated rings. The molecule has 0 bridgehead atoms. The molecule has 2 heterocycles. The van der Waals surface area contributed by atoms with Gasteiger partial charge in [-0.3, -0.25) is 0 Å². The summed E-state index contributed by atoms with van der Waals surface area (Å²) in [5.74, 6) is 0. The van der Waals surface area contributed by atoms with Crippen LogP contribution >= 0.6 is 23.5 Å². The molecule has 0 spiro atoms. The molecule has 0 saturated carbocycles. The maximum Gasteiger partial charge on any atom is 0.194 e. The monoisotopic (exact) mass is 682 g/mol. The Hall–Kier alpha value is -1.98. The molecule has 4 heteroatoms. The van der Waals surface area contributed by atoms with Crippen LogP contribution in [0.2, 0.25) is 0 Å². The van der Waals surface area contributed by atoms with E-state index >= 15 is 0 Å². The molecular formula is C42H50S4+2. The third-order valence-corrected chi connectivity index (χ3v) is 19.0. The number of hydrogen-bond acceptors (Lipinski definition) is 2. The minimum Gasteiger partial charge on any atom is -0.0792 e. The Balaban J connectivity index is 1.76. The van der Waals surface area contributed by atoms with Crippen LogP contribution in [0.15, 0.2) is 97.5 Å². The number of unbranched alkanes of at least 4 members (excludes halogenated alkanes) is 2. The number of fused-ring (bicyclic) bond motifs is 4. The van der Waals surface area contributed by atoms with Crippen LogP contribution in [0.25, 0.3) is 0 Å². The second kappa shape index (κ2) is 13.9. The highest BCUT2D eigenvalue weighted by atomic mass is 32.2. The number of rotatable bonds is 8. The summed E-state index contributed by atoms with van der Waals surface area (Å²) in [6.07, 6.45) is 7.21. The van der Waals surface area contributed by atoms with Crippen LogP contribution in [-0.4, -0.2) is 0 Å². The number of hydrogen-bond donors (Lipinski definition) is 0. The van der Waals surface area contributed by atoms with Crippen molar-refractivity contribution in [3.8, 4) is 0 Å². The van der Waals surface area contributed by atoms with Gasteiger partial charge in [0, 0.05) is 24.0 Å². The van der Waals surface area contributed by atoms with Crippen LogP contribution in [0.1, 0.15) is 96.9 Å². The van der Waals surface area contributed by atoms with E-state index in [-0.39, 0.29) is 21.8 Å². The molecule has 0 saturated heterocycles.